The first kappa shape index (κ1) is 15.5. The number of aromatic nitrogens is 3. The average molecular weight is 330 g/mol. The predicted octanol–water partition coefficient (Wildman–Crippen LogP) is 2.25. The van der Waals surface area contributed by atoms with Gasteiger partial charge in [-0.2, -0.15) is 0 Å². The number of hydrogen-bond acceptors (Lipinski definition) is 7. The van der Waals surface area contributed by atoms with Gasteiger partial charge in [0.05, 0.1) is 23.1 Å². The first-order valence-electron chi connectivity index (χ1n) is 8.56. The smallest absolute Gasteiger partial charge is 0.225 e. The Morgan fingerprint density at radius 1 is 1.29 bits per heavy atom. The maximum atomic E-state index is 9.91. The zero-order valence-corrected chi connectivity index (χ0v) is 13.8. The normalized spacial score (nSPS) is 24.5. The minimum absolute atomic E-state index is 0.0399. The van der Waals surface area contributed by atoms with E-state index < -0.39 is 0 Å². The molecule has 0 unspecified atom stereocenters. The van der Waals surface area contributed by atoms with Gasteiger partial charge in [0.25, 0.3) is 0 Å². The Hall–Kier alpha value is -1.99. The van der Waals surface area contributed by atoms with Gasteiger partial charge in [-0.3, -0.25) is 0 Å². The van der Waals surface area contributed by atoms with E-state index in [1.807, 2.05) is 17.9 Å². The Balaban J connectivity index is 1.71. The third-order valence-electron chi connectivity index (χ3n) is 4.61. The Labute approximate surface area is 140 Å². The van der Waals surface area contributed by atoms with Crippen molar-refractivity contribution in [2.45, 2.75) is 44.8 Å². The van der Waals surface area contributed by atoms with Gasteiger partial charge < -0.3 is 19.3 Å². The fourth-order valence-electron chi connectivity index (χ4n) is 3.39. The second-order valence-corrected chi connectivity index (χ2v) is 6.55. The van der Waals surface area contributed by atoms with Gasteiger partial charge in [0.1, 0.15) is 6.10 Å². The second-order valence-electron chi connectivity index (χ2n) is 6.55. The lowest BCUT2D eigenvalue weighted by atomic mass is 10.1. The van der Waals surface area contributed by atoms with Gasteiger partial charge in [-0.15, -0.1) is 0 Å². The number of aliphatic hydroxyl groups excluding tert-OH is 1. The molecule has 0 aliphatic carbocycles. The highest BCUT2D eigenvalue weighted by atomic mass is 16.5. The molecule has 2 fully saturated rings. The van der Waals surface area contributed by atoms with Crippen LogP contribution < -0.4 is 4.90 Å². The molecule has 0 aromatic carbocycles. The summed E-state index contributed by atoms with van der Waals surface area (Å²) in [6.45, 7) is 4.08. The van der Waals surface area contributed by atoms with Crippen molar-refractivity contribution >= 4 is 5.95 Å². The highest BCUT2D eigenvalue weighted by Gasteiger charge is 2.27. The minimum Gasteiger partial charge on any atom is -0.391 e. The molecule has 1 N–H and O–H groups in total. The van der Waals surface area contributed by atoms with E-state index >= 15 is 0 Å². The van der Waals surface area contributed by atoms with Crippen LogP contribution in [0.25, 0.3) is 11.3 Å². The number of ether oxygens (including phenoxy) is 1. The van der Waals surface area contributed by atoms with Gasteiger partial charge in [0.2, 0.25) is 5.95 Å². The molecule has 2 aliphatic heterocycles. The SMILES string of the molecule is Cc1cc(-c2cnc(N3CCC[C@H](O)C3)nc2[C@H]2CCCO2)on1. The van der Waals surface area contributed by atoms with Crippen molar-refractivity contribution < 1.29 is 14.4 Å². The molecule has 128 valence electrons. The standard InChI is InChI=1S/C17H22N4O3/c1-11-8-15(24-20-11)13-9-18-17(21-6-2-4-12(22)10-21)19-16(13)14-5-3-7-23-14/h8-9,12,14,22H,2-7,10H2,1H3/t12-,14+/m0/s1. The van der Waals surface area contributed by atoms with E-state index in [1.165, 1.54) is 0 Å². The largest absolute Gasteiger partial charge is 0.391 e. The molecule has 24 heavy (non-hydrogen) atoms. The van der Waals surface area contributed by atoms with E-state index in [-0.39, 0.29) is 12.2 Å². The number of aliphatic hydroxyl groups is 1. The summed E-state index contributed by atoms with van der Waals surface area (Å²) in [5.74, 6) is 1.32. The predicted molar refractivity (Wildman–Crippen MR) is 87.6 cm³/mol. The monoisotopic (exact) mass is 330 g/mol. The zero-order chi connectivity index (χ0) is 16.5. The summed E-state index contributed by atoms with van der Waals surface area (Å²) in [6.07, 6.45) is 5.20. The minimum atomic E-state index is -0.315. The van der Waals surface area contributed by atoms with Crippen LogP contribution >= 0.6 is 0 Å². The lowest BCUT2D eigenvalue weighted by molar-refractivity contribution is 0.109. The molecule has 2 saturated heterocycles. The zero-order valence-electron chi connectivity index (χ0n) is 13.8. The van der Waals surface area contributed by atoms with E-state index in [4.69, 9.17) is 14.2 Å². The Kier molecular flexibility index (Phi) is 4.20. The molecular weight excluding hydrogens is 308 g/mol. The van der Waals surface area contributed by atoms with Gasteiger partial charge in [0.15, 0.2) is 5.76 Å². The summed E-state index contributed by atoms with van der Waals surface area (Å²) in [5, 5.41) is 13.9. The molecule has 7 nitrogen and oxygen atoms in total. The van der Waals surface area contributed by atoms with E-state index in [9.17, 15) is 5.11 Å². The summed E-state index contributed by atoms with van der Waals surface area (Å²) in [5.41, 5.74) is 2.52. The molecule has 7 heteroatoms. The van der Waals surface area contributed by atoms with Crippen molar-refractivity contribution in [3.05, 3.63) is 23.7 Å². The first-order valence-corrected chi connectivity index (χ1v) is 8.56. The summed E-state index contributed by atoms with van der Waals surface area (Å²) in [6, 6.07) is 1.89. The highest BCUT2D eigenvalue weighted by molar-refractivity contribution is 5.61. The third-order valence-corrected chi connectivity index (χ3v) is 4.61. The van der Waals surface area contributed by atoms with E-state index in [1.54, 1.807) is 6.20 Å². The molecule has 0 bridgehead atoms. The first-order chi connectivity index (χ1) is 11.7. The van der Waals surface area contributed by atoms with Crippen molar-refractivity contribution in [1.29, 1.82) is 0 Å². The van der Waals surface area contributed by atoms with Crippen molar-refractivity contribution in [2.24, 2.45) is 0 Å². The highest BCUT2D eigenvalue weighted by Crippen LogP contribution is 2.35. The van der Waals surface area contributed by atoms with Gasteiger partial charge in [-0.05, 0) is 32.6 Å². The van der Waals surface area contributed by atoms with Crippen LogP contribution in [-0.2, 0) is 4.74 Å². The number of nitrogens with zero attached hydrogens (tertiary/aromatic N) is 4. The summed E-state index contributed by atoms with van der Waals surface area (Å²) in [7, 11) is 0. The van der Waals surface area contributed by atoms with E-state index in [0.717, 1.165) is 55.8 Å². The lowest BCUT2D eigenvalue weighted by Crippen LogP contribution is -2.39. The van der Waals surface area contributed by atoms with Crippen molar-refractivity contribution in [3.8, 4) is 11.3 Å². The molecular formula is C17H22N4O3. The van der Waals surface area contributed by atoms with E-state index in [0.29, 0.717) is 18.3 Å². The van der Waals surface area contributed by atoms with Gasteiger partial charge >= 0.3 is 0 Å². The van der Waals surface area contributed by atoms with Gasteiger partial charge in [-0.1, -0.05) is 5.16 Å². The topological polar surface area (TPSA) is 84.5 Å². The fraction of sp³-hybridized carbons (Fsp3) is 0.588. The lowest BCUT2D eigenvalue weighted by Gasteiger charge is -2.30. The van der Waals surface area contributed by atoms with Crippen molar-refractivity contribution in [2.75, 3.05) is 24.6 Å². The number of β-amino-alcohol motifs (C(OH)–C–C–N with tert-alkyl or cyclic N) is 1. The van der Waals surface area contributed by atoms with Crippen molar-refractivity contribution in [1.82, 2.24) is 15.1 Å². The Morgan fingerprint density at radius 2 is 2.21 bits per heavy atom. The molecule has 0 spiro atoms. The van der Waals surface area contributed by atoms with Crippen LogP contribution in [0, 0.1) is 6.92 Å². The molecule has 4 rings (SSSR count). The maximum Gasteiger partial charge on any atom is 0.225 e. The molecule has 0 radical (unpaired) electrons. The van der Waals surface area contributed by atoms with Crippen LogP contribution in [0.4, 0.5) is 5.95 Å². The Bertz CT molecular complexity index is 712. The fourth-order valence-corrected chi connectivity index (χ4v) is 3.39. The molecule has 0 saturated carbocycles. The van der Waals surface area contributed by atoms with Gasteiger partial charge in [-0.25, -0.2) is 9.97 Å². The number of piperidine rings is 1. The molecule has 4 heterocycles. The molecule has 2 aromatic heterocycles. The number of aryl methyl sites for hydroxylation is 1. The number of rotatable bonds is 3. The summed E-state index contributed by atoms with van der Waals surface area (Å²) >= 11 is 0. The molecule has 2 aliphatic rings. The third kappa shape index (κ3) is 3.01. The molecule has 0 amide bonds. The molecule has 2 atom stereocenters. The molecule has 2 aromatic rings. The van der Waals surface area contributed by atoms with Crippen LogP contribution in [0.15, 0.2) is 16.8 Å². The second kappa shape index (κ2) is 6.49. The van der Waals surface area contributed by atoms with Crippen LogP contribution in [0.2, 0.25) is 0 Å². The quantitative estimate of drug-likeness (QED) is 0.924. The van der Waals surface area contributed by atoms with Crippen LogP contribution in [0.1, 0.15) is 43.2 Å². The van der Waals surface area contributed by atoms with E-state index in [2.05, 4.69) is 10.1 Å². The van der Waals surface area contributed by atoms with Gasteiger partial charge in [0, 0.05) is 32.0 Å². The van der Waals surface area contributed by atoms with Crippen LogP contribution in [0.3, 0.4) is 0 Å². The van der Waals surface area contributed by atoms with Crippen LogP contribution in [-0.4, -0.2) is 46.0 Å². The Morgan fingerprint density at radius 3 is 2.92 bits per heavy atom. The number of hydrogen-bond donors (Lipinski definition) is 1. The number of anilines is 1. The maximum absolute atomic E-state index is 9.91. The summed E-state index contributed by atoms with van der Waals surface area (Å²) < 4.78 is 11.3. The average Bonchev–Trinajstić information content (AvgIpc) is 3.26. The van der Waals surface area contributed by atoms with Crippen molar-refractivity contribution in [3.63, 3.8) is 0 Å². The van der Waals surface area contributed by atoms with Crippen LogP contribution in [0.5, 0.6) is 0 Å². The summed E-state index contributed by atoms with van der Waals surface area (Å²) in [4.78, 5) is 11.3.